The van der Waals surface area contributed by atoms with Gasteiger partial charge in [-0.3, -0.25) is 0 Å². The van der Waals surface area contributed by atoms with Crippen LogP contribution in [0.1, 0.15) is 10.4 Å². The van der Waals surface area contributed by atoms with Crippen molar-refractivity contribution < 1.29 is 13.2 Å². The Bertz CT molecular complexity index is 605. The number of nitrogens with two attached hydrogens (primary N) is 1. The third-order valence-electron chi connectivity index (χ3n) is 2.27. The molecular weight excluding hydrogens is 270 g/mol. The van der Waals surface area contributed by atoms with E-state index >= 15 is 0 Å². The second-order valence-electron chi connectivity index (χ2n) is 3.74. The molecule has 0 amide bonds. The molecule has 2 N–H and O–H groups in total. The molecular formula is C12H13NO3S2. The number of hydrogen-bond acceptors (Lipinski definition) is 4. The lowest BCUT2D eigenvalue weighted by Crippen LogP contribution is -2.09. The Labute approximate surface area is 110 Å². The van der Waals surface area contributed by atoms with Crippen LogP contribution >= 0.6 is 11.3 Å². The summed E-state index contributed by atoms with van der Waals surface area (Å²) in [6.45, 7) is 0.887. The number of sulfonamides is 1. The van der Waals surface area contributed by atoms with E-state index in [1.807, 2.05) is 30.3 Å². The first kappa shape index (κ1) is 13.2. The third kappa shape index (κ3) is 3.64. The molecule has 6 heteroatoms. The van der Waals surface area contributed by atoms with Gasteiger partial charge in [0.1, 0.15) is 4.21 Å². The van der Waals surface area contributed by atoms with Gasteiger partial charge in [0.15, 0.2) is 0 Å². The van der Waals surface area contributed by atoms with Crippen molar-refractivity contribution in [2.75, 3.05) is 0 Å². The lowest BCUT2D eigenvalue weighted by molar-refractivity contribution is 0.109. The summed E-state index contributed by atoms with van der Waals surface area (Å²) in [5.41, 5.74) is 1.08. The van der Waals surface area contributed by atoms with Gasteiger partial charge in [0.25, 0.3) is 0 Å². The number of thiophene rings is 1. The van der Waals surface area contributed by atoms with E-state index in [9.17, 15) is 8.42 Å². The maximum atomic E-state index is 11.1. The Hall–Kier alpha value is -1.21. The van der Waals surface area contributed by atoms with Crippen LogP contribution in [0.3, 0.4) is 0 Å². The van der Waals surface area contributed by atoms with Crippen molar-refractivity contribution in [2.24, 2.45) is 5.14 Å². The van der Waals surface area contributed by atoms with Crippen LogP contribution in [0.15, 0.2) is 46.7 Å². The Morgan fingerprint density at radius 1 is 1.06 bits per heavy atom. The maximum absolute atomic E-state index is 11.1. The minimum Gasteiger partial charge on any atom is -0.371 e. The predicted molar refractivity (Wildman–Crippen MR) is 70.6 cm³/mol. The van der Waals surface area contributed by atoms with Crippen molar-refractivity contribution in [3.8, 4) is 0 Å². The van der Waals surface area contributed by atoms with E-state index in [1.165, 1.54) is 6.07 Å². The summed E-state index contributed by atoms with van der Waals surface area (Å²) in [6.07, 6.45) is 0. The standard InChI is InChI=1S/C12H13NO3S2/c13-18(14,15)12-7-6-11(17-12)9-16-8-10-4-2-1-3-5-10/h1-7H,8-9H2,(H2,13,14,15). The minimum absolute atomic E-state index is 0.167. The summed E-state index contributed by atoms with van der Waals surface area (Å²) >= 11 is 1.14. The zero-order valence-corrected chi connectivity index (χ0v) is 11.2. The number of ether oxygens (including phenoxy) is 1. The molecule has 0 bridgehead atoms. The number of rotatable bonds is 5. The van der Waals surface area contributed by atoms with Gasteiger partial charge in [-0.05, 0) is 17.7 Å². The van der Waals surface area contributed by atoms with Gasteiger partial charge in [0.2, 0.25) is 10.0 Å². The molecule has 1 heterocycles. The molecule has 0 atom stereocenters. The molecule has 0 saturated carbocycles. The first-order valence-electron chi connectivity index (χ1n) is 5.29. The van der Waals surface area contributed by atoms with Gasteiger partial charge >= 0.3 is 0 Å². The molecule has 0 saturated heterocycles. The monoisotopic (exact) mass is 283 g/mol. The Morgan fingerprint density at radius 3 is 2.39 bits per heavy atom. The predicted octanol–water partition coefficient (Wildman–Crippen LogP) is 2.11. The van der Waals surface area contributed by atoms with E-state index < -0.39 is 10.0 Å². The van der Waals surface area contributed by atoms with Crippen LogP contribution in [-0.2, 0) is 28.0 Å². The third-order valence-corrected chi connectivity index (χ3v) is 4.77. The van der Waals surface area contributed by atoms with Crippen LogP contribution in [0, 0.1) is 0 Å². The molecule has 1 aromatic heterocycles. The summed E-state index contributed by atoms with van der Waals surface area (Å²) in [7, 11) is -3.60. The molecule has 0 radical (unpaired) electrons. The Balaban J connectivity index is 1.90. The molecule has 96 valence electrons. The summed E-state index contributed by atoms with van der Waals surface area (Å²) in [4.78, 5) is 0.843. The first-order valence-corrected chi connectivity index (χ1v) is 7.65. The van der Waals surface area contributed by atoms with Gasteiger partial charge in [-0.2, -0.15) is 0 Å². The molecule has 0 aliphatic rings. The normalized spacial score (nSPS) is 11.6. The zero-order valence-electron chi connectivity index (χ0n) is 9.57. The average Bonchev–Trinajstić information content (AvgIpc) is 2.79. The summed E-state index contributed by atoms with van der Waals surface area (Å²) in [5, 5.41) is 5.03. The van der Waals surface area contributed by atoms with Crippen molar-refractivity contribution in [3.63, 3.8) is 0 Å². The fourth-order valence-electron chi connectivity index (χ4n) is 1.43. The van der Waals surface area contributed by atoms with Gasteiger partial charge in [0.05, 0.1) is 13.2 Å². The molecule has 0 aliphatic carbocycles. The second kappa shape index (κ2) is 5.62. The highest BCUT2D eigenvalue weighted by molar-refractivity contribution is 7.91. The smallest absolute Gasteiger partial charge is 0.247 e. The van der Waals surface area contributed by atoms with E-state index in [1.54, 1.807) is 6.07 Å². The summed E-state index contributed by atoms with van der Waals surface area (Å²) in [5.74, 6) is 0. The molecule has 0 spiro atoms. The maximum Gasteiger partial charge on any atom is 0.247 e. The quantitative estimate of drug-likeness (QED) is 0.913. The average molecular weight is 283 g/mol. The van der Waals surface area contributed by atoms with Crippen LogP contribution in [0.2, 0.25) is 0 Å². The summed E-state index contributed by atoms with van der Waals surface area (Å²) < 4.78 is 27.9. The number of benzene rings is 1. The van der Waals surface area contributed by atoms with Crippen molar-refractivity contribution >= 4 is 21.4 Å². The highest BCUT2D eigenvalue weighted by atomic mass is 32.2. The molecule has 4 nitrogen and oxygen atoms in total. The topological polar surface area (TPSA) is 69.4 Å². The van der Waals surface area contributed by atoms with Crippen molar-refractivity contribution in [3.05, 3.63) is 52.9 Å². The minimum atomic E-state index is -3.60. The lowest BCUT2D eigenvalue weighted by atomic mass is 10.2. The molecule has 0 aliphatic heterocycles. The van der Waals surface area contributed by atoms with Crippen LogP contribution < -0.4 is 5.14 Å². The first-order chi connectivity index (χ1) is 8.55. The van der Waals surface area contributed by atoms with E-state index in [4.69, 9.17) is 9.88 Å². The molecule has 2 aromatic rings. The van der Waals surface area contributed by atoms with E-state index in [2.05, 4.69) is 0 Å². The fourth-order valence-corrected chi connectivity index (χ4v) is 3.15. The van der Waals surface area contributed by atoms with Gasteiger partial charge < -0.3 is 4.74 Å². The van der Waals surface area contributed by atoms with Crippen molar-refractivity contribution in [2.45, 2.75) is 17.4 Å². The van der Waals surface area contributed by atoms with E-state index in [0.29, 0.717) is 13.2 Å². The van der Waals surface area contributed by atoms with Crippen LogP contribution in [0.5, 0.6) is 0 Å². The van der Waals surface area contributed by atoms with Crippen LogP contribution in [0.4, 0.5) is 0 Å². The van der Waals surface area contributed by atoms with E-state index in [-0.39, 0.29) is 4.21 Å². The number of primary sulfonamides is 1. The van der Waals surface area contributed by atoms with E-state index in [0.717, 1.165) is 21.8 Å². The molecule has 0 fully saturated rings. The Morgan fingerprint density at radius 2 is 1.78 bits per heavy atom. The van der Waals surface area contributed by atoms with Crippen LogP contribution in [0.25, 0.3) is 0 Å². The molecule has 2 rings (SSSR count). The van der Waals surface area contributed by atoms with Gasteiger partial charge in [-0.1, -0.05) is 30.3 Å². The zero-order chi connectivity index (χ0) is 13.0. The van der Waals surface area contributed by atoms with Crippen LogP contribution in [-0.4, -0.2) is 8.42 Å². The van der Waals surface area contributed by atoms with Gasteiger partial charge in [0, 0.05) is 4.88 Å². The van der Waals surface area contributed by atoms with Gasteiger partial charge in [-0.25, -0.2) is 13.6 Å². The molecule has 1 aromatic carbocycles. The molecule has 18 heavy (non-hydrogen) atoms. The Kier molecular flexibility index (Phi) is 4.13. The van der Waals surface area contributed by atoms with Crippen molar-refractivity contribution in [1.82, 2.24) is 0 Å². The van der Waals surface area contributed by atoms with Crippen molar-refractivity contribution in [1.29, 1.82) is 0 Å². The molecule has 0 unspecified atom stereocenters. The fraction of sp³-hybridized carbons (Fsp3) is 0.167. The highest BCUT2D eigenvalue weighted by Crippen LogP contribution is 2.21. The SMILES string of the molecule is NS(=O)(=O)c1ccc(COCc2ccccc2)s1. The lowest BCUT2D eigenvalue weighted by Gasteiger charge is -2.02. The second-order valence-corrected chi connectivity index (χ2v) is 6.70. The highest BCUT2D eigenvalue weighted by Gasteiger charge is 2.10. The van der Waals surface area contributed by atoms with Gasteiger partial charge in [-0.15, -0.1) is 11.3 Å². The largest absolute Gasteiger partial charge is 0.371 e. The summed E-state index contributed by atoms with van der Waals surface area (Å²) in [6, 6.07) is 13.0. The number of hydrogen-bond donors (Lipinski definition) is 1.